The van der Waals surface area contributed by atoms with Crippen molar-refractivity contribution in [3.63, 3.8) is 0 Å². The average molecular weight is 305 g/mol. The van der Waals surface area contributed by atoms with Gasteiger partial charge in [0.05, 0.1) is 5.75 Å². The van der Waals surface area contributed by atoms with E-state index in [1.165, 1.54) is 0 Å². The molecule has 1 N–H and O–H groups in total. The number of nitrogens with one attached hydrogen (secondary N) is 1. The van der Waals surface area contributed by atoms with E-state index in [1.807, 2.05) is 20.8 Å². The van der Waals surface area contributed by atoms with Gasteiger partial charge in [0.2, 0.25) is 10.0 Å². The van der Waals surface area contributed by atoms with Crippen LogP contribution >= 0.6 is 22.6 Å². The van der Waals surface area contributed by atoms with Crippen LogP contribution in [-0.4, -0.2) is 25.1 Å². The predicted octanol–water partition coefficient (Wildman–Crippen LogP) is 1.39. The zero-order valence-electron chi connectivity index (χ0n) is 7.72. The van der Waals surface area contributed by atoms with Gasteiger partial charge in [-0.1, -0.05) is 43.4 Å². The van der Waals surface area contributed by atoms with Gasteiger partial charge in [-0.25, -0.2) is 13.1 Å². The van der Waals surface area contributed by atoms with Crippen LogP contribution in [0.3, 0.4) is 0 Å². The minimum absolute atomic E-state index is 0.170. The molecule has 0 aliphatic carbocycles. The first kappa shape index (κ1) is 12.6. The second-order valence-corrected chi connectivity index (χ2v) is 6.79. The van der Waals surface area contributed by atoms with Crippen molar-refractivity contribution in [3.05, 3.63) is 0 Å². The lowest BCUT2D eigenvalue weighted by Crippen LogP contribution is -2.33. The van der Waals surface area contributed by atoms with Crippen molar-refractivity contribution in [1.29, 1.82) is 0 Å². The summed E-state index contributed by atoms with van der Waals surface area (Å²) in [6.45, 7) is 6.27. The third-order valence-corrected chi connectivity index (χ3v) is 3.47. The topological polar surface area (TPSA) is 46.2 Å². The van der Waals surface area contributed by atoms with E-state index in [1.54, 1.807) is 0 Å². The fourth-order valence-electron chi connectivity index (χ4n) is 0.815. The van der Waals surface area contributed by atoms with Crippen LogP contribution in [0, 0.1) is 5.41 Å². The van der Waals surface area contributed by atoms with Gasteiger partial charge in [0.1, 0.15) is 0 Å². The Balaban J connectivity index is 4.06. The van der Waals surface area contributed by atoms with Gasteiger partial charge in [0.15, 0.2) is 0 Å². The molecule has 0 aromatic carbocycles. The Kier molecular flexibility index (Phi) is 5.01. The maximum Gasteiger partial charge on any atom is 0.212 e. The molecule has 0 rings (SSSR count). The molecule has 0 bridgehead atoms. The molecule has 0 heterocycles. The van der Waals surface area contributed by atoms with E-state index < -0.39 is 10.0 Å². The van der Waals surface area contributed by atoms with Crippen LogP contribution in [-0.2, 0) is 10.0 Å². The summed E-state index contributed by atoms with van der Waals surface area (Å²) in [5, 5.41) is 0. The van der Waals surface area contributed by atoms with Crippen LogP contribution in [0.5, 0.6) is 0 Å². The standard InChI is InChI=1S/C7H16INO2S/c1-7(2,3)6-12(10,11)9-5-4-8/h9H,4-6H2,1-3H3. The van der Waals surface area contributed by atoms with E-state index >= 15 is 0 Å². The van der Waals surface area contributed by atoms with Crippen molar-refractivity contribution in [3.8, 4) is 0 Å². The maximum absolute atomic E-state index is 11.3. The Bertz CT molecular complexity index is 218. The van der Waals surface area contributed by atoms with Gasteiger partial charge in [-0.2, -0.15) is 0 Å². The molecule has 5 heteroatoms. The molecule has 0 unspecified atom stereocenters. The molecule has 12 heavy (non-hydrogen) atoms. The smallest absolute Gasteiger partial charge is 0.212 e. The minimum Gasteiger partial charge on any atom is -0.214 e. The Morgan fingerprint density at radius 2 is 1.83 bits per heavy atom. The van der Waals surface area contributed by atoms with Crippen LogP contribution in [0.15, 0.2) is 0 Å². The molecular formula is C7H16INO2S. The van der Waals surface area contributed by atoms with Crippen LogP contribution in [0.4, 0.5) is 0 Å². The van der Waals surface area contributed by atoms with Gasteiger partial charge >= 0.3 is 0 Å². The third kappa shape index (κ3) is 7.30. The second-order valence-electron chi connectivity index (χ2n) is 3.90. The highest BCUT2D eigenvalue weighted by Gasteiger charge is 2.20. The number of halogens is 1. The van der Waals surface area contributed by atoms with Crippen molar-refractivity contribution >= 4 is 32.6 Å². The summed E-state index contributed by atoms with van der Waals surface area (Å²) in [4.78, 5) is 0. The average Bonchev–Trinajstić information content (AvgIpc) is 1.78. The van der Waals surface area contributed by atoms with Crippen molar-refractivity contribution in [2.75, 3.05) is 16.7 Å². The molecule has 0 saturated carbocycles. The molecule has 0 radical (unpaired) electrons. The molecule has 0 atom stereocenters. The van der Waals surface area contributed by atoms with Crippen molar-refractivity contribution in [2.45, 2.75) is 20.8 Å². The van der Waals surface area contributed by atoms with E-state index in [0.717, 1.165) is 4.43 Å². The first-order chi connectivity index (χ1) is 5.27. The molecule has 0 aromatic heterocycles. The van der Waals surface area contributed by atoms with E-state index in [-0.39, 0.29) is 11.2 Å². The van der Waals surface area contributed by atoms with Crippen LogP contribution in [0.1, 0.15) is 20.8 Å². The lowest BCUT2D eigenvalue weighted by atomic mass is 10.0. The Morgan fingerprint density at radius 1 is 1.33 bits per heavy atom. The van der Waals surface area contributed by atoms with Gasteiger partial charge in [0, 0.05) is 11.0 Å². The summed E-state index contributed by atoms with van der Waals surface area (Å²) in [5.74, 6) is 0.191. The molecule has 0 fully saturated rings. The quantitative estimate of drug-likeness (QED) is 0.630. The Labute approximate surface area is 88.5 Å². The molecule has 0 aliphatic rings. The minimum atomic E-state index is -3.06. The van der Waals surface area contributed by atoms with E-state index in [2.05, 4.69) is 27.3 Å². The van der Waals surface area contributed by atoms with Gasteiger partial charge in [0.25, 0.3) is 0 Å². The summed E-state index contributed by atoms with van der Waals surface area (Å²) in [6, 6.07) is 0. The Hall–Kier alpha value is 0.640. The largest absolute Gasteiger partial charge is 0.214 e. The number of hydrogen-bond acceptors (Lipinski definition) is 2. The lowest BCUT2D eigenvalue weighted by Gasteiger charge is -2.17. The first-order valence-electron chi connectivity index (χ1n) is 3.80. The van der Waals surface area contributed by atoms with E-state index in [4.69, 9.17) is 0 Å². The molecule has 0 spiro atoms. The molecule has 0 aromatic rings. The molecule has 3 nitrogen and oxygen atoms in total. The highest BCUT2D eigenvalue weighted by Crippen LogP contribution is 2.14. The third-order valence-electron chi connectivity index (χ3n) is 1.04. The highest BCUT2D eigenvalue weighted by atomic mass is 127. The predicted molar refractivity (Wildman–Crippen MR) is 60.1 cm³/mol. The number of sulfonamides is 1. The fraction of sp³-hybridized carbons (Fsp3) is 1.00. The number of hydrogen-bond donors (Lipinski definition) is 1. The normalized spacial score (nSPS) is 13.3. The number of alkyl halides is 1. The van der Waals surface area contributed by atoms with Crippen molar-refractivity contribution in [1.82, 2.24) is 4.72 Å². The van der Waals surface area contributed by atoms with Gasteiger partial charge in [-0.15, -0.1) is 0 Å². The first-order valence-corrected chi connectivity index (χ1v) is 6.98. The second kappa shape index (κ2) is 4.76. The summed E-state index contributed by atoms with van der Waals surface area (Å²) in [7, 11) is -3.06. The molecule has 0 amide bonds. The zero-order valence-corrected chi connectivity index (χ0v) is 10.7. The number of rotatable bonds is 4. The summed E-state index contributed by atoms with van der Waals surface area (Å²) in [6.07, 6.45) is 0. The van der Waals surface area contributed by atoms with E-state index in [9.17, 15) is 8.42 Å². The lowest BCUT2D eigenvalue weighted by molar-refractivity contribution is 0.458. The Morgan fingerprint density at radius 3 is 2.17 bits per heavy atom. The summed E-state index contributed by atoms with van der Waals surface area (Å²) in [5.41, 5.74) is -0.170. The van der Waals surface area contributed by atoms with Crippen molar-refractivity contribution < 1.29 is 8.42 Å². The van der Waals surface area contributed by atoms with Crippen LogP contribution in [0.25, 0.3) is 0 Å². The summed E-state index contributed by atoms with van der Waals surface area (Å²) < 4.78 is 25.9. The monoisotopic (exact) mass is 305 g/mol. The van der Waals surface area contributed by atoms with Crippen molar-refractivity contribution in [2.24, 2.45) is 5.41 Å². The fourth-order valence-corrected chi connectivity index (χ4v) is 3.11. The molecule has 0 aliphatic heterocycles. The van der Waals surface area contributed by atoms with Crippen LogP contribution < -0.4 is 4.72 Å². The van der Waals surface area contributed by atoms with Crippen LogP contribution in [0.2, 0.25) is 0 Å². The molecular weight excluding hydrogens is 289 g/mol. The summed E-state index contributed by atoms with van der Waals surface area (Å²) >= 11 is 2.14. The van der Waals surface area contributed by atoms with Gasteiger partial charge in [-0.05, 0) is 5.41 Å². The SMILES string of the molecule is CC(C)(C)CS(=O)(=O)NCCI. The molecule has 74 valence electrons. The molecule has 0 saturated heterocycles. The highest BCUT2D eigenvalue weighted by molar-refractivity contribution is 14.1. The van der Waals surface area contributed by atoms with Gasteiger partial charge < -0.3 is 0 Å². The maximum atomic E-state index is 11.3. The van der Waals surface area contributed by atoms with Gasteiger partial charge in [-0.3, -0.25) is 0 Å². The zero-order chi connectivity index (χ0) is 9.83. The van der Waals surface area contributed by atoms with E-state index in [0.29, 0.717) is 6.54 Å².